The summed E-state index contributed by atoms with van der Waals surface area (Å²) in [5.41, 5.74) is 2.98. The van der Waals surface area contributed by atoms with Gasteiger partial charge in [0.25, 0.3) is 0 Å². The Morgan fingerprint density at radius 1 is 1.24 bits per heavy atom. The fourth-order valence-electron chi connectivity index (χ4n) is 2.60. The van der Waals surface area contributed by atoms with Crippen LogP contribution in [0, 0.1) is 5.82 Å². The summed E-state index contributed by atoms with van der Waals surface area (Å²) >= 11 is 6.00. The number of ether oxygens (including phenoxy) is 1. The molecule has 4 heteroatoms. The minimum Gasteiger partial charge on any atom is -0.487 e. The first kappa shape index (κ1) is 14.2. The Bertz CT molecular complexity index is 684. The number of nitrogens with one attached hydrogen (secondary N) is 1. The molecule has 2 aromatic rings. The van der Waals surface area contributed by atoms with E-state index in [0.717, 1.165) is 23.4 Å². The van der Waals surface area contributed by atoms with Gasteiger partial charge in [-0.3, -0.25) is 0 Å². The summed E-state index contributed by atoms with van der Waals surface area (Å²) in [4.78, 5) is 0. The van der Waals surface area contributed by atoms with E-state index in [1.165, 1.54) is 17.7 Å². The largest absolute Gasteiger partial charge is 0.487 e. The molecule has 110 valence electrons. The van der Waals surface area contributed by atoms with Gasteiger partial charge in [0.05, 0.1) is 10.7 Å². The maximum absolute atomic E-state index is 13.0. The van der Waals surface area contributed by atoms with Crippen LogP contribution in [0.4, 0.5) is 10.1 Å². The monoisotopic (exact) mass is 305 g/mol. The van der Waals surface area contributed by atoms with Gasteiger partial charge in [0.1, 0.15) is 17.2 Å². The fraction of sp³-hybridized carbons (Fsp3) is 0.294. The van der Waals surface area contributed by atoms with Crippen molar-refractivity contribution < 1.29 is 9.13 Å². The van der Waals surface area contributed by atoms with E-state index in [1.807, 2.05) is 12.1 Å². The molecular formula is C17H17ClFNO. The second-order valence-electron chi connectivity index (χ2n) is 5.96. The van der Waals surface area contributed by atoms with E-state index >= 15 is 0 Å². The zero-order chi connectivity index (χ0) is 15.0. The maximum Gasteiger partial charge on any atom is 0.124 e. The molecule has 0 saturated heterocycles. The molecule has 1 aliphatic rings. The molecular weight excluding hydrogens is 289 g/mol. The number of anilines is 1. The molecule has 0 bridgehead atoms. The molecule has 0 unspecified atom stereocenters. The van der Waals surface area contributed by atoms with E-state index in [2.05, 4.69) is 25.2 Å². The van der Waals surface area contributed by atoms with Crippen LogP contribution >= 0.6 is 11.6 Å². The normalized spacial score (nSPS) is 15.4. The lowest BCUT2D eigenvalue weighted by atomic mass is 10.0. The second-order valence-corrected chi connectivity index (χ2v) is 6.37. The minimum atomic E-state index is -0.331. The lowest BCUT2D eigenvalue weighted by Gasteiger charge is -2.16. The van der Waals surface area contributed by atoms with Gasteiger partial charge in [-0.2, -0.15) is 0 Å². The van der Waals surface area contributed by atoms with E-state index in [1.54, 1.807) is 6.07 Å². The van der Waals surface area contributed by atoms with Crippen LogP contribution in [-0.2, 0) is 13.0 Å². The van der Waals surface area contributed by atoms with Crippen LogP contribution in [0.15, 0.2) is 36.4 Å². The third-order valence-electron chi connectivity index (χ3n) is 3.54. The highest BCUT2D eigenvalue weighted by molar-refractivity contribution is 6.33. The molecule has 0 aliphatic carbocycles. The maximum atomic E-state index is 13.0. The number of halogens is 2. The van der Waals surface area contributed by atoms with Crippen LogP contribution < -0.4 is 10.1 Å². The predicted molar refractivity (Wildman–Crippen MR) is 83.6 cm³/mol. The summed E-state index contributed by atoms with van der Waals surface area (Å²) in [5.74, 6) is 0.631. The van der Waals surface area contributed by atoms with Crippen LogP contribution in [0.25, 0.3) is 0 Å². The van der Waals surface area contributed by atoms with Crippen LogP contribution in [0.1, 0.15) is 25.0 Å². The number of hydrogen-bond donors (Lipinski definition) is 1. The van der Waals surface area contributed by atoms with Gasteiger partial charge in [-0.1, -0.05) is 23.7 Å². The highest BCUT2D eigenvalue weighted by Gasteiger charge is 2.29. The second kappa shape index (κ2) is 5.23. The standard InChI is InChI=1S/C17H17ClFNO/c1-17(2)9-12-7-11(3-6-16(12)21-17)10-20-15-5-4-13(19)8-14(15)18/h3-8,20H,9-10H2,1-2H3. The molecule has 1 aliphatic heterocycles. The number of benzene rings is 2. The smallest absolute Gasteiger partial charge is 0.124 e. The van der Waals surface area contributed by atoms with Gasteiger partial charge in [-0.25, -0.2) is 4.39 Å². The van der Waals surface area contributed by atoms with Gasteiger partial charge in [0.2, 0.25) is 0 Å². The van der Waals surface area contributed by atoms with Crippen molar-refractivity contribution in [2.75, 3.05) is 5.32 Å². The summed E-state index contributed by atoms with van der Waals surface area (Å²) < 4.78 is 18.9. The molecule has 0 spiro atoms. The van der Waals surface area contributed by atoms with Crippen LogP contribution in [0.3, 0.4) is 0 Å². The summed E-state index contributed by atoms with van der Waals surface area (Å²) in [6.07, 6.45) is 0.910. The van der Waals surface area contributed by atoms with Crippen LogP contribution in [0.5, 0.6) is 5.75 Å². The van der Waals surface area contributed by atoms with E-state index < -0.39 is 0 Å². The average molecular weight is 306 g/mol. The Morgan fingerprint density at radius 2 is 2.05 bits per heavy atom. The Labute approximate surface area is 128 Å². The fourth-order valence-corrected chi connectivity index (χ4v) is 2.84. The number of hydrogen-bond acceptors (Lipinski definition) is 2. The lowest BCUT2D eigenvalue weighted by molar-refractivity contribution is 0.138. The first-order chi connectivity index (χ1) is 9.93. The SMILES string of the molecule is CC1(C)Cc2cc(CNc3ccc(F)cc3Cl)ccc2O1. The Balaban J connectivity index is 1.72. The molecule has 2 nitrogen and oxygen atoms in total. The third kappa shape index (κ3) is 3.13. The van der Waals surface area contributed by atoms with E-state index in [-0.39, 0.29) is 11.4 Å². The van der Waals surface area contributed by atoms with E-state index in [9.17, 15) is 4.39 Å². The molecule has 3 rings (SSSR count). The lowest BCUT2D eigenvalue weighted by Crippen LogP contribution is -2.24. The van der Waals surface area contributed by atoms with Crippen molar-refractivity contribution in [2.45, 2.75) is 32.4 Å². The van der Waals surface area contributed by atoms with Gasteiger partial charge in [0.15, 0.2) is 0 Å². The average Bonchev–Trinajstić information content (AvgIpc) is 2.70. The highest BCUT2D eigenvalue weighted by Crippen LogP contribution is 2.35. The molecule has 2 aromatic carbocycles. The topological polar surface area (TPSA) is 21.3 Å². The molecule has 0 fully saturated rings. The van der Waals surface area contributed by atoms with Crippen molar-refractivity contribution in [3.63, 3.8) is 0 Å². The first-order valence-electron chi connectivity index (χ1n) is 6.93. The minimum absolute atomic E-state index is 0.130. The zero-order valence-corrected chi connectivity index (χ0v) is 12.8. The Kier molecular flexibility index (Phi) is 3.54. The number of rotatable bonds is 3. The van der Waals surface area contributed by atoms with Crippen molar-refractivity contribution >= 4 is 17.3 Å². The Morgan fingerprint density at radius 3 is 2.81 bits per heavy atom. The van der Waals surface area contributed by atoms with Crippen molar-refractivity contribution in [1.29, 1.82) is 0 Å². The molecule has 21 heavy (non-hydrogen) atoms. The quantitative estimate of drug-likeness (QED) is 0.879. The van der Waals surface area contributed by atoms with Crippen molar-refractivity contribution in [1.82, 2.24) is 0 Å². The van der Waals surface area contributed by atoms with E-state index in [4.69, 9.17) is 16.3 Å². The van der Waals surface area contributed by atoms with E-state index in [0.29, 0.717) is 11.6 Å². The Hall–Kier alpha value is -1.74. The summed E-state index contributed by atoms with van der Waals surface area (Å²) in [6, 6.07) is 10.5. The summed E-state index contributed by atoms with van der Waals surface area (Å²) in [5, 5.41) is 3.62. The molecule has 0 amide bonds. The van der Waals surface area contributed by atoms with Gasteiger partial charge in [-0.15, -0.1) is 0 Å². The van der Waals surface area contributed by atoms with Crippen molar-refractivity contribution in [3.05, 3.63) is 58.4 Å². The van der Waals surface area contributed by atoms with Crippen LogP contribution in [0.2, 0.25) is 5.02 Å². The third-order valence-corrected chi connectivity index (χ3v) is 3.85. The molecule has 0 radical (unpaired) electrons. The molecule has 1 N–H and O–H groups in total. The summed E-state index contributed by atoms with van der Waals surface area (Å²) in [6.45, 7) is 4.81. The molecule has 1 heterocycles. The summed E-state index contributed by atoms with van der Waals surface area (Å²) in [7, 11) is 0. The number of fused-ring (bicyclic) bond motifs is 1. The molecule has 0 atom stereocenters. The van der Waals surface area contributed by atoms with Crippen molar-refractivity contribution in [2.24, 2.45) is 0 Å². The molecule has 0 aromatic heterocycles. The first-order valence-corrected chi connectivity index (χ1v) is 7.30. The highest BCUT2D eigenvalue weighted by atomic mass is 35.5. The zero-order valence-electron chi connectivity index (χ0n) is 12.0. The van der Waals surface area contributed by atoms with Crippen LogP contribution in [-0.4, -0.2) is 5.60 Å². The molecule has 0 saturated carbocycles. The van der Waals surface area contributed by atoms with Crippen molar-refractivity contribution in [3.8, 4) is 5.75 Å². The van der Waals surface area contributed by atoms with Gasteiger partial charge >= 0.3 is 0 Å². The van der Waals surface area contributed by atoms with Gasteiger partial charge in [0, 0.05) is 13.0 Å². The predicted octanol–water partition coefficient (Wildman–Crippen LogP) is 4.80. The van der Waals surface area contributed by atoms with Gasteiger partial charge < -0.3 is 10.1 Å². The van der Waals surface area contributed by atoms with Gasteiger partial charge in [-0.05, 0) is 49.2 Å².